The summed E-state index contributed by atoms with van der Waals surface area (Å²) in [6.45, 7) is 14.6. The Morgan fingerprint density at radius 1 is 0.814 bits per heavy atom. The van der Waals surface area contributed by atoms with Gasteiger partial charge in [0.05, 0.1) is 18.2 Å². The van der Waals surface area contributed by atoms with Gasteiger partial charge in [-0.25, -0.2) is 0 Å². The molecule has 4 bridgehead atoms. The molecule has 0 spiro atoms. The Bertz CT molecular complexity index is 982. The van der Waals surface area contributed by atoms with Gasteiger partial charge in [-0.05, 0) is 98.7 Å². The first-order valence-corrected chi connectivity index (χ1v) is 18.7. The zero-order chi connectivity index (χ0) is 29.9. The third-order valence-electron chi connectivity index (χ3n) is 13.5. The first-order valence-electron chi connectivity index (χ1n) is 18.7. The van der Waals surface area contributed by atoms with Gasteiger partial charge in [0.25, 0.3) is 0 Å². The topological polar surface area (TPSA) is 72.7 Å². The van der Waals surface area contributed by atoms with Crippen molar-refractivity contribution in [1.29, 1.82) is 10.8 Å². The van der Waals surface area contributed by atoms with Gasteiger partial charge in [-0.1, -0.05) is 59.8 Å². The average Bonchev–Trinajstić information content (AvgIpc) is 3.65. The van der Waals surface area contributed by atoms with E-state index < -0.39 is 0 Å². The van der Waals surface area contributed by atoms with Crippen molar-refractivity contribution in [3.8, 4) is 0 Å². The summed E-state index contributed by atoms with van der Waals surface area (Å²) in [5.74, 6) is 6.28. The Morgan fingerprint density at radius 3 is 2.09 bits per heavy atom. The van der Waals surface area contributed by atoms with E-state index in [9.17, 15) is 5.41 Å². The predicted octanol–water partition coefficient (Wildman–Crippen LogP) is 6.41. The molecule has 5 saturated carbocycles. The van der Waals surface area contributed by atoms with Gasteiger partial charge in [0.15, 0.2) is 11.9 Å². The van der Waals surface area contributed by atoms with Crippen LogP contribution in [0.1, 0.15) is 118 Å². The molecule has 0 aromatic heterocycles. The van der Waals surface area contributed by atoms with E-state index in [4.69, 9.17) is 5.41 Å². The summed E-state index contributed by atoms with van der Waals surface area (Å²) < 4.78 is 0. The molecule has 7 heteroatoms. The number of rotatable bonds is 10. The summed E-state index contributed by atoms with van der Waals surface area (Å²) in [5, 5.41) is 22.0. The van der Waals surface area contributed by atoms with E-state index in [-0.39, 0.29) is 0 Å². The van der Waals surface area contributed by atoms with Crippen molar-refractivity contribution in [2.24, 2.45) is 40.9 Å². The van der Waals surface area contributed by atoms with Gasteiger partial charge in [0.1, 0.15) is 0 Å². The smallest absolute Gasteiger partial charge is 0.195 e. The highest BCUT2D eigenvalue weighted by atomic mass is 15.5. The molecule has 8 aliphatic rings. The highest BCUT2D eigenvalue weighted by molar-refractivity contribution is 5.80. The van der Waals surface area contributed by atoms with E-state index in [0.717, 1.165) is 62.4 Å². The van der Waals surface area contributed by atoms with Crippen LogP contribution in [0.2, 0.25) is 0 Å². The first kappa shape index (κ1) is 30.2. The quantitative estimate of drug-likeness (QED) is 0.273. The van der Waals surface area contributed by atoms with Gasteiger partial charge in [-0.2, -0.15) is 0 Å². The Labute approximate surface area is 262 Å². The molecule has 43 heavy (non-hydrogen) atoms. The van der Waals surface area contributed by atoms with Crippen molar-refractivity contribution in [1.82, 2.24) is 24.9 Å². The molecule has 3 N–H and O–H groups in total. The van der Waals surface area contributed by atoms with E-state index in [0.29, 0.717) is 47.5 Å². The molecule has 7 nitrogen and oxygen atoms in total. The molecule has 0 unspecified atom stereocenters. The zero-order valence-electron chi connectivity index (χ0n) is 28.0. The number of nitrogens with one attached hydrogen (secondary N) is 3. The molecule has 0 radical (unpaired) electrons. The summed E-state index contributed by atoms with van der Waals surface area (Å²) in [5.41, 5.74) is 0.466. The van der Waals surface area contributed by atoms with Crippen LogP contribution in [-0.4, -0.2) is 88.5 Å². The van der Waals surface area contributed by atoms with Crippen LogP contribution in [-0.2, 0) is 0 Å². The number of hydrogen-bond donors (Lipinski definition) is 3. The molecule has 3 aliphatic heterocycles. The zero-order valence-corrected chi connectivity index (χ0v) is 28.0. The second-order valence-electron chi connectivity index (χ2n) is 17.3. The minimum Gasteiger partial charge on any atom is -0.354 e. The van der Waals surface area contributed by atoms with Crippen molar-refractivity contribution in [2.75, 3.05) is 32.7 Å². The lowest BCUT2D eigenvalue weighted by Crippen LogP contribution is -2.56. The summed E-state index contributed by atoms with van der Waals surface area (Å²) in [6, 6.07) is 1.34. The van der Waals surface area contributed by atoms with E-state index in [2.05, 4.69) is 52.6 Å². The van der Waals surface area contributed by atoms with E-state index in [1.807, 2.05) is 0 Å². The van der Waals surface area contributed by atoms with Crippen LogP contribution < -0.4 is 5.32 Å². The summed E-state index contributed by atoms with van der Waals surface area (Å²) in [6.07, 6.45) is 19.7. The first-order chi connectivity index (χ1) is 20.7. The molecule has 242 valence electrons. The van der Waals surface area contributed by atoms with Crippen molar-refractivity contribution in [2.45, 2.75) is 142 Å². The molecule has 3 heterocycles. The van der Waals surface area contributed by atoms with E-state index in [1.165, 1.54) is 89.9 Å². The van der Waals surface area contributed by atoms with Crippen LogP contribution in [0.5, 0.6) is 0 Å². The largest absolute Gasteiger partial charge is 0.354 e. The van der Waals surface area contributed by atoms with Gasteiger partial charge in [-0.3, -0.25) is 15.7 Å². The van der Waals surface area contributed by atoms with Gasteiger partial charge in [-0.15, -0.1) is 0 Å². The van der Waals surface area contributed by atoms with Crippen molar-refractivity contribution >= 4 is 11.9 Å². The molecule has 0 amide bonds. The van der Waals surface area contributed by atoms with Crippen LogP contribution in [0.3, 0.4) is 0 Å². The van der Waals surface area contributed by atoms with Crippen molar-refractivity contribution in [3.63, 3.8) is 0 Å². The number of guanidine groups is 2. The lowest BCUT2D eigenvalue weighted by molar-refractivity contribution is -0.0648. The Hall–Kier alpha value is -1.50. The standard InChI is InChI=1S/C36H63N7/c1-24(2)31-20-39-34(37)41(31)21-30-11-8-12-40(30)33(16-26-9-6-5-7-10-26)42-22-32(25(3)4)43(35(42)38)23-36-17-27-13-28(18-36)15-29(14-27)19-36/h24-33,38H,5-23H2,1-4H3,(H2,37,39)/t27?,28?,29?,30-,31-,32-,33+,36?/m0/s1. The third kappa shape index (κ3) is 5.83. The normalized spacial score (nSPS) is 39.3. The minimum atomic E-state index is 0.327. The molecule has 8 rings (SSSR count). The fourth-order valence-electron chi connectivity index (χ4n) is 11.8. The second kappa shape index (κ2) is 12.0. The van der Waals surface area contributed by atoms with Crippen LogP contribution in [0.4, 0.5) is 0 Å². The van der Waals surface area contributed by atoms with Gasteiger partial charge in [0.2, 0.25) is 0 Å². The summed E-state index contributed by atoms with van der Waals surface area (Å²) in [4.78, 5) is 10.5. The lowest BCUT2D eigenvalue weighted by atomic mass is 9.49. The predicted molar refractivity (Wildman–Crippen MR) is 176 cm³/mol. The molecule has 5 aliphatic carbocycles. The maximum atomic E-state index is 9.89. The Kier molecular flexibility index (Phi) is 8.43. The number of likely N-dealkylation sites (tertiary alicyclic amines) is 1. The molecule has 0 aromatic rings. The van der Waals surface area contributed by atoms with Crippen LogP contribution in [0.25, 0.3) is 0 Å². The van der Waals surface area contributed by atoms with Crippen LogP contribution in [0, 0.1) is 51.7 Å². The molecule has 3 saturated heterocycles. The maximum absolute atomic E-state index is 9.89. The van der Waals surface area contributed by atoms with Gasteiger partial charge in [0, 0.05) is 38.8 Å². The average molecular weight is 594 g/mol. The molecule has 4 atom stereocenters. The highest BCUT2D eigenvalue weighted by Crippen LogP contribution is 2.60. The Balaban J connectivity index is 1.14. The molecule has 0 aromatic carbocycles. The van der Waals surface area contributed by atoms with Crippen LogP contribution in [0.15, 0.2) is 0 Å². The maximum Gasteiger partial charge on any atom is 0.195 e. The lowest BCUT2D eigenvalue weighted by Gasteiger charge is -2.58. The Morgan fingerprint density at radius 2 is 1.47 bits per heavy atom. The summed E-state index contributed by atoms with van der Waals surface area (Å²) >= 11 is 0. The SMILES string of the molecule is CC(C)[C@@H]1CNC(=N)N1C[C@@H]1CCCN1[C@@H](CC1CCCCC1)N1C[C@@H](C(C)C)N(CC23CC4CC(CC(C4)C2)C3)C1=N. The van der Waals surface area contributed by atoms with Crippen molar-refractivity contribution < 1.29 is 0 Å². The van der Waals surface area contributed by atoms with Gasteiger partial charge >= 0.3 is 0 Å². The molecular weight excluding hydrogens is 530 g/mol. The van der Waals surface area contributed by atoms with Crippen LogP contribution >= 0.6 is 0 Å². The van der Waals surface area contributed by atoms with Crippen molar-refractivity contribution in [3.05, 3.63) is 0 Å². The van der Waals surface area contributed by atoms with E-state index in [1.54, 1.807) is 0 Å². The number of hydrogen-bond acceptors (Lipinski definition) is 3. The minimum absolute atomic E-state index is 0.327. The van der Waals surface area contributed by atoms with E-state index >= 15 is 0 Å². The fourth-order valence-corrected chi connectivity index (χ4v) is 11.8. The fraction of sp³-hybridized carbons (Fsp3) is 0.944. The summed E-state index contributed by atoms with van der Waals surface area (Å²) in [7, 11) is 0. The highest BCUT2D eigenvalue weighted by Gasteiger charge is 2.54. The third-order valence-corrected chi connectivity index (χ3v) is 13.5. The number of nitrogens with zero attached hydrogens (tertiary/aromatic N) is 4. The van der Waals surface area contributed by atoms with Gasteiger partial charge < -0.3 is 20.0 Å². The molecular formula is C36H63N7. The monoisotopic (exact) mass is 594 g/mol. The second-order valence-corrected chi connectivity index (χ2v) is 17.3. The molecule has 8 fully saturated rings.